The molecule has 3 aliphatic heterocycles. The molecule has 4 rings (SSSR count). The number of ether oxygens (including phenoxy) is 1. The fourth-order valence-corrected chi connectivity index (χ4v) is 7.41. The summed E-state index contributed by atoms with van der Waals surface area (Å²) in [5.74, 6) is 0.118. The molecule has 3 fully saturated rings. The molecular formula is C24H37N3O4S. The topological polar surface area (TPSA) is 70.2 Å². The number of hydrogen-bond donors (Lipinski definition) is 0. The number of carbonyl (C=O) groups excluding carboxylic acids is 1. The second-order valence-electron chi connectivity index (χ2n) is 9.67. The minimum atomic E-state index is -3.54. The largest absolute Gasteiger partial charge is 0.377 e. The van der Waals surface area contributed by atoms with Crippen molar-refractivity contribution < 1.29 is 17.9 Å². The summed E-state index contributed by atoms with van der Waals surface area (Å²) in [6.07, 6.45) is 3.84. The molecule has 1 aromatic carbocycles. The molecule has 0 aliphatic carbocycles. The van der Waals surface area contributed by atoms with Crippen molar-refractivity contribution in [1.82, 2.24) is 14.1 Å². The first-order valence-corrected chi connectivity index (χ1v) is 13.4. The number of nitrogens with zero attached hydrogens (tertiary/aromatic N) is 3. The Hall–Kier alpha value is -1.48. The highest BCUT2D eigenvalue weighted by molar-refractivity contribution is 7.89. The van der Waals surface area contributed by atoms with Gasteiger partial charge in [0.25, 0.3) is 0 Å². The summed E-state index contributed by atoms with van der Waals surface area (Å²) in [5, 5.41) is 0. The molecule has 1 aromatic rings. The van der Waals surface area contributed by atoms with Gasteiger partial charge in [-0.3, -0.25) is 9.69 Å². The second-order valence-corrected chi connectivity index (χ2v) is 11.5. The number of piperazine rings is 1. The van der Waals surface area contributed by atoms with Crippen LogP contribution in [0.15, 0.2) is 17.0 Å². The molecule has 1 unspecified atom stereocenters. The highest BCUT2D eigenvalue weighted by Crippen LogP contribution is 2.29. The van der Waals surface area contributed by atoms with Crippen molar-refractivity contribution in [2.75, 3.05) is 52.4 Å². The van der Waals surface area contributed by atoms with Crippen LogP contribution in [0.4, 0.5) is 0 Å². The minimum Gasteiger partial charge on any atom is -0.377 e. The van der Waals surface area contributed by atoms with Crippen LogP contribution in [0.5, 0.6) is 0 Å². The van der Waals surface area contributed by atoms with Crippen LogP contribution in [-0.4, -0.2) is 87.0 Å². The predicted molar refractivity (Wildman–Crippen MR) is 124 cm³/mol. The number of rotatable bonds is 5. The van der Waals surface area contributed by atoms with Gasteiger partial charge in [-0.2, -0.15) is 4.31 Å². The number of carbonyl (C=O) groups is 1. The van der Waals surface area contributed by atoms with Crippen molar-refractivity contribution in [3.05, 3.63) is 28.8 Å². The van der Waals surface area contributed by atoms with Crippen LogP contribution >= 0.6 is 0 Å². The maximum atomic E-state index is 13.3. The molecule has 8 heteroatoms. The average molecular weight is 464 g/mol. The molecule has 0 spiro atoms. The Morgan fingerprint density at radius 1 is 0.969 bits per heavy atom. The summed E-state index contributed by atoms with van der Waals surface area (Å²) < 4.78 is 33.9. The van der Waals surface area contributed by atoms with Crippen LogP contribution in [0.25, 0.3) is 0 Å². The number of hydrogen-bond acceptors (Lipinski definition) is 5. The van der Waals surface area contributed by atoms with E-state index in [0.29, 0.717) is 36.9 Å². The fraction of sp³-hybridized carbons (Fsp3) is 0.708. The van der Waals surface area contributed by atoms with E-state index in [9.17, 15) is 13.2 Å². The van der Waals surface area contributed by atoms with Gasteiger partial charge in [-0.1, -0.05) is 17.7 Å². The van der Waals surface area contributed by atoms with Gasteiger partial charge in [-0.05, 0) is 57.6 Å². The van der Waals surface area contributed by atoms with Crippen molar-refractivity contribution in [2.24, 2.45) is 5.92 Å². The minimum absolute atomic E-state index is 0.0774. The highest BCUT2D eigenvalue weighted by Gasteiger charge is 2.36. The van der Waals surface area contributed by atoms with Crippen molar-refractivity contribution in [3.63, 3.8) is 0 Å². The Morgan fingerprint density at radius 2 is 1.59 bits per heavy atom. The van der Waals surface area contributed by atoms with Crippen LogP contribution in [-0.2, 0) is 19.6 Å². The van der Waals surface area contributed by atoms with E-state index >= 15 is 0 Å². The van der Waals surface area contributed by atoms with E-state index < -0.39 is 10.0 Å². The highest BCUT2D eigenvalue weighted by atomic mass is 32.2. The lowest BCUT2D eigenvalue weighted by molar-refractivity contribution is -0.138. The third kappa shape index (κ3) is 5.03. The lowest BCUT2D eigenvalue weighted by Gasteiger charge is -2.39. The summed E-state index contributed by atoms with van der Waals surface area (Å²) in [5.41, 5.74) is 2.65. The van der Waals surface area contributed by atoms with Crippen LogP contribution in [0.2, 0.25) is 0 Å². The third-order valence-corrected chi connectivity index (χ3v) is 9.38. The molecule has 7 nitrogen and oxygen atoms in total. The fourth-order valence-electron chi connectivity index (χ4n) is 5.53. The smallest absolute Gasteiger partial charge is 0.243 e. The molecule has 1 atom stereocenters. The van der Waals surface area contributed by atoms with Crippen LogP contribution in [0, 0.1) is 26.7 Å². The van der Waals surface area contributed by atoms with Crippen molar-refractivity contribution in [2.45, 2.75) is 57.5 Å². The number of piperidine rings is 1. The molecule has 0 saturated carbocycles. The van der Waals surface area contributed by atoms with Gasteiger partial charge in [0.15, 0.2) is 0 Å². The van der Waals surface area contributed by atoms with E-state index in [1.165, 1.54) is 0 Å². The maximum absolute atomic E-state index is 13.3. The molecule has 3 saturated heterocycles. The summed E-state index contributed by atoms with van der Waals surface area (Å²) in [7, 11) is -3.54. The van der Waals surface area contributed by atoms with Crippen LogP contribution in [0.3, 0.4) is 0 Å². The van der Waals surface area contributed by atoms with Crippen molar-refractivity contribution in [3.8, 4) is 0 Å². The summed E-state index contributed by atoms with van der Waals surface area (Å²) in [4.78, 5) is 17.9. The van der Waals surface area contributed by atoms with E-state index in [1.807, 2.05) is 37.8 Å². The van der Waals surface area contributed by atoms with Gasteiger partial charge in [0.05, 0.1) is 11.0 Å². The van der Waals surface area contributed by atoms with E-state index in [0.717, 1.165) is 68.9 Å². The molecule has 178 valence electrons. The summed E-state index contributed by atoms with van der Waals surface area (Å²) in [6.45, 7) is 11.7. The first-order chi connectivity index (χ1) is 15.3. The zero-order chi connectivity index (χ0) is 22.9. The molecule has 0 bridgehead atoms. The first kappa shape index (κ1) is 23.7. The standard InChI is InChI=1S/C24H37N3O4S/c1-18-15-19(2)23(20(3)16-18)32(29,30)27-8-6-21(7-9-27)24(28)26-12-10-25(11-13-26)17-22-5-4-14-31-22/h15-16,21-22H,4-14,17H2,1-3H3. The SMILES string of the molecule is Cc1cc(C)c(S(=O)(=O)N2CCC(C(=O)N3CCN(CC4CCCO4)CC3)CC2)c(C)c1. The van der Waals surface area contributed by atoms with Gasteiger partial charge in [-0.15, -0.1) is 0 Å². The number of aryl methyl sites for hydroxylation is 3. The molecule has 0 aromatic heterocycles. The Kier molecular flexibility index (Phi) is 7.24. The van der Waals surface area contributed by atoms with Gasteiger partial charge in [0, 0.05) is 58.3 Å². The number of sulfonamides is 1. The van der Waals surface area contributed by atoms with Crippen LogP contribution < -0.4 is 0 Å². The maximum Gasteiger partial charge on any atom is 0.243 e. The van der Waals surface area contributed by atoms with E-state index in [4.69, 9.17) is 4.74 Å². The average Bonchev–Trinajstić information content (AvgIpc) is 3.26. The first-order valence-electron chi connectivity index (χ1n) is 12.0. The van der Waals surface area contributed by atoms with Gasteiger partial charge in [-0.25, -0.2) is 8.42 Å². The zero-order valence-corrected chi connectivity index (χ0v) is 20.5. The zero-order valence-electron chi connectivity index (χ0n) is 19.7. The van der Waals surface area contributed by atoms with Crippen molar-refractivity contribution in [1.29, 1.82) is 0 Å². The van der Waals surface area contributed by atoms with E-state index in [1.54, 1.807) is 4.31 Å². The molecule has 3 heterocycles. The van der Waals surface area contributed by atoms with E-state index in [-0.39, 0.29) is 11.8 Å². The van der Waals surface area contributed by atoms with Crippen LogP contribution in [0.1, 0.15) is 42.4 Å². The Labute approximate surface area is 192 Å². The lowest BCUT2D eigenvalue weighted by Crippen LogP contribution is -2.53. The molecule has 32 heavy (non-hydrogen) atoms. The molecule has 1 amide bonds. The van der Waals surface area contributed by atoms with Gasteiger partial charge >= 0.3 is 0 Å². The Balaban J connectivity index is 1.30. The summed E-state index contributed by atoms with van der Waals surface area (Å²) >= 11 is 0. The molecule has 0 N–H and O–H groups in total. The molecule has 3 aliphatic rings. The third-order valence-electron chi connectivity index (χ3n) is 7.18. The van der Waals surface area contributed by atoms with Gasteiger partial charge in [0.1, 0.15) is 0 Å². The number of benzene rings is 1. The quantitative estimate of drug-likeness (QED) is 0.670. The number of amides is 1. The van der Waals surface area contributed by atoms with Crippen molar-refractivity contribution >= 4 is 15.9 Å². The lowest BCUT2D eigenvalue weighted by atomic mass is 9.96. The predicted octanol–water partition coefficient (Wildman–Crippen LogP) is 2.34. The Bertz CT molecular complexity index is 904. The second kappa shape index (κ2) is 9.79. The Morgan fingerprint density at radius 3 is 2.16 bits per heavy atom. The summed E-state index contributed by atoms with van der Waals surface area (Å²) in [6, 6.07) is 3.85. The normalized spacial score (nSPS) is 24.2. The van der Waals surface area contributed by atoms with E-state index in [2.05, 4.69) is 4.90 Å². The molecule has 0 radical (unpaired) electrons. The van der Waals surface area contributed by atoms with Gasteiger partial charge in [0.2, 0.25) is 15.9 Å². The monoisotopic (exact) mass is 463 g/mol. The van der Waals surface area contributed by atoms with Gasteiger partial charge < -0.3 is 9.64 Å². The molecular weight excluding hydrogens is 426 g/mol.